The van der Waals surface area contributed by atoms with Gasteiger partial charge in [0.2, 0.25) is 0 Å². The van der Waals surface area contributed by atoms with E-state index in [1.54, 1.807) is 0 Å². The number of hydrogen-bond acceptors (Lipinski definition) is 3. The van der Waals surface area contributed by atoms with E-state index in [-0.39, 0.29) is 0 Å². The molecule has 1 N–H and O–H groups in total. The molecule has 0 saturated carbocycles. The van der Waals surface area contributed by atoms with Gasteiger partial charge in [-0.05, 0) is 30.4 Å². The first-order chi connectivity index (χ1) is 10.2. The Morgan fingerprint density at radius 3 is 3.05 bits per heavy atom. The number of fused-ring (bicyclic) bond motifs is 1. The van der Waals surface area contributed by atoms with Crippen LogP contribution in [0.25, 0.3) is 0 Å². The van der Waals surface area contributed by atoms with Crippen molar-refractivity contribution in [3.05, 3.63) is 29.8 Å². The van der Waals surface area contributed by atoms with Crippen molar-refractivity contribution < 1.29 is 4.74 Å². The molecular weight excluding hydrogens is 260 g/mol. The van der Waals surface area contributed by atoms with Crippen molar-refractivity contribution in [2.24, 2.45) is 5.92 Å². The highest BCUT2D eigenvalue weighted by atomic mass is 16.5. The van der Waals surface area contributed by atoms with Gasteiger partial charge in [0, 0.05) is 38.1 Å². The van der Waals surface area contributed by atoms with Crippen LogP contribution in [0.1, 0.15) is 38.2 Å². The average molecular weight is 288 g/mol. The second-order valence-corrected chi connectivity index (χ2v) is 6.85. The number of rotatable bonds is 4. The number of piperazine rings is 1. The standard InChI is InChI=1S/C18H28N2O/c1-14(2)11-16-12-19-8-9-20(16)13-15-7-10-21-18-6-4-3-5-17(15)18/h3-6,14-16,19H,7-13H2,1-2H3. The summed E-state index contributed by atoms with van der Waals surface area (Å²) in [5, 5.41) is 3.56. The highest BCUT2D eigenvalue weighted by Crippen LogP contribution is 2.34. The number of nitrogens with zero attached hydrogens (tertiary/aromatic N) is 1. The molecule has 2 atom stereocenters. The first kappa shape index (κ1) is 14.9. The van der Waals surface area contributed by atoms with Gasteiger partial charge in [0.1, 0.15) is 5.75 Å². The second-order valence-electron chi connectivity index (χ2n) is 6.85. The lowest BCUT2D eigenvalue weighted by molar-refractivity contribution is 0.123. The number of ether oxygens (including phenoxy) is 1. The molecule has 3 rings (SSSR count). The van der Waals surface area contributed by atoms with E-state index in [0.717, 1.165) is 37.8 Å². The summed E-state index contributed by atoms with van der Waals surface area (Å²) in [5.41, 5.74) is 1.41. The van der Waals surface area contributed by atoms with Crippen molar-refractivity contribution >= 4 is 0 Å². The lowest BCUT2D eigenvalue weighted by Crippen LogP contribution is -2.52. The lowest BCUT2D eigenvalue weighted by atomic mass is 9.91. The Bertz CT molecular complexity index is 460. The molecule has 0 radical (unpaired) electrons. The first-order valence-corrected chi connectivity index (χ1v) is 8.40. The maximum atomic E-state index is 5.80. The fourth-order valence-electron chi connectivity index (χ4n) is 3.71. The maximum absolute atomic E-state index is 5.80. The maximum Gasteiger partial charge on any atom is 0.122 e. The molecule has 3 heteroatoms. The van der Waals surface area contributed by atoms with Crippen LogP contribution in [0, 0.1) is 5.92 Å². The molecular formula is C18H28N2O. The average Bonchev–Trinajstić information content (AvgIpc) is 2.49. The molecule has 1 fully saturated rings. The van der Waals surface area contributed by atoms with Crippen LogP contribution >= 0.6 is 0 Å². The quantitative estimate of drug-likeness (QED) is 0.922. The zero-order valence-corrected chi connectivity index (χ0v) is 13.3. The summed E-state index contributed by atoms with van der Waals surface area (Å²) in [6.45, 7) is 10.1. The Balaban J connectivity index is 1.70. The minimum absolute atomic E-state index is 0.628. The molecule has 2 heterocycles. The van der Waals surface area contributed by atoms with Crippen LogP contribution in [0.3, 0.4) is 0 Å². The van der Waals surface area contributed by atoms with Crippen LogP contribution in [0.5, 0.6) is 5.75 Å². The molecule has 0 amide bonds. The summed E-state index contributed by atoms with van der Waals surface area (Å²) in [6, 6.07) is 9.27. The Morgan fingerprint density at radius 2 is 2.19 bits per heavy atom. The van der Waals surface area contributed by atoms with Crippen LogP contribution in [0.15, 0.2) is 24.3 Å². The largest absolute Gasteiger partial charge is 0.493 e. The highest BCUT2D eigenvalue weighted by molar-refractivity contribution is 5.38. The van der Waals surface area contributed by atoms with Crippen molar-refractivity contribution in [1.82, 2.24) is 10.2 Å². The number of para-hydroxylation sites is 1. The van der Waals surface area contributed by atoms with E-state index in [9.17, 15) is 0 Å². The van der Waals surface area contributed by atoms with Crippen molar-refractivity contribution in [2.45, 2.75) is 38.6 Å². The molecule has 21 heavy (non-hydrogen) atoms. The van der Waals surface area contributed by atoms with Gasteiger partial charge in [-0.15, -0.1) is 0 Å². The summed E-state index contributed by atoms with van der Waals surface area (Å²) in [7, 11) is 0. The third-order valence-corrected chi connectivity index (χ3v) is 4.75. The van der Waals surface area contributed by atoms with Crippen LogP contribution in [-0.4, -0.2) is 43.7 Å². The highest BCUT2D eigenvalue weighted by Gasteiger charge is 2.28. The Labute approximate surface area is 128 Å². The Kier molecular flexibility index (Phi) is 4.81. The molecule has 2 aliphatic rings. The Hall–Kier alpha value is -1.06. The fraction of sp³-hybridized carbons (Fsp3) is 0.667. The zero-order valence-electron chi connectivity index (χ0n) is 13.3. The predicted octanol–water partition coefficient (Wildman–Crippen LogP) is 2.87. The van der Waals surface area contributed by atoms with Gasteiger partial charge < -0.3 is 10.1 Å². The summed E-state index contributed by atoms with van der Waals surface area (Å²) in [5.74, 6) is 2.49. The van der Waals surface area contributed by atoms with E-state index in [1.807, 2.05) is 0 Å². The van der Waals surface area contributed by atoms with Gasteiger partial charge in [0.15, 0.2) is 0 Å². The van der Waals surface area contributed by atoms with Gasteiger partial charge in [-0.25, -0.2) is 0 Å². The van der Waals surface area contributed by atoms with E-state index >= 15 is 0 Å². The van der Waals surface area contributed by atoms with Crippen LogP contribution in [0.2, 0.25) is 0 Å². The van der Waals surface area contributed by atoms with Crippen LogP contribution in [-0.2, 0) is 0 Å². The van der Waals surface area contributed by atoms with E-state index in [1.165, 1.54) is 25.1 Å². The Morgan fingerprint density at radius 1 is 1.33 bits per heavy atom. The second kappa shape index (κ2) is 6.80. The van der Waals surface area contributed by atoms with Crippen LogP contribution < -0.4 is 10.1 Å². The monoisotopic (exact) mass is 288 g/mol. The number of benzene rings is 1. The molecule has 1 aromatic rings. The van der Waals surface area contributed by atoms with Crippen LogP contribution in [0.4, 0.5) is 0 Å². The first-order valence-electron chi connectivity index (χ1n) is 8.40. The van der Waals surface area contributed by atoms with Gasteiger partial charge in [-0.3, -0.25) is 4.90 Å². The molecule has 2 unspecified atom stereocenters. The minimum atomic E-state index is 0.628. The third kappa shape index (κ3) is 3.58. The molecule has 2 aliphatic heterocycles. The smallest absolute Gasteiger partial charge is 0.122 e. The van der Waals surface area contributed by atoms with Gasteiger partial charge in [-0.2, -0.15) is 0 Å². The fourth-order valence-corrected chi connectivity index (χ4v) is 3.71. The van der Waals surface area contributed by atoms with E-state index in [4.69, 9.17) is 4.74 Å². The molecule has 3 nitrogen and oxygen atoms in total. The molecule has 0 aromatic heterocycles. The molecule has 0 aliphatic carbocycles. The zero-order chi connectivity index (χ0) is 14.7. The summed E-state index contributed by atoms with van der Waals surface area (Å²) >= 11 is 0. The van der Waals surface area contributed by atoms with Crippen molar-refractivity contribution in [2.75, 3.05) is 32.8 Å². The summed E-state index contributed by atoms with van der Waals surface area (Å²) in [6.07, 6.45) is 2.44. The normalized spacial score (nSPS) is 26.4. The number of hydrogen-bond donors (Lipinski definition) is 1. The molecule has 1 saturated heterocycles. The molecule has 116 valence electrons. The van der Waals surface area contributed by atoms with E-state index < -0.39 is 0 Å². The van der Waals surface area contributed by atoms with Gasteiger partial charge in [-0.1, -0.05) is 32.0 Å². The van der Waals surface area contributed by atoms with Crippen molar-refractivity contribution in [1.29, 1.82) is 0 Å². The SMILES string of the molecule is CC(C)CC1CNCCN1CC1CCOc2ccccc21. The van der Waals surface area contributed by atoms with E-state index in [2.05, 4.69) is 48.3 Å². The lowest BCUT2D eigenvalue weighted by Gasteiger charge is -2.40. The molecule has 0 bridgehead atoms. The molecule has 0 spiro atoms. The van der Waals surface area contributed by atoms with E-state index in [0.29, 0.717) is 12.0 Å². The number of nitrogens with one attached hydrogen (secondary N) is 1. The van der Waals surface area contributed by atoms with Gasteiger partial charge in [0.05, 0.1) is 6.61 Å². The molecule has 1 aromatic carbocycles. The summed E-state index contributed by atoms with van der Waals surface area (Å²) in [4.78, 5) is 2.71. The van der Waals surface area contributed by atoms with Crippen molar-refractivity contribution in [3.8, 4) is 5.75 Å². The minimum Gasteiger partial charge on any atom is -0.493 e. The van der Waals surface area contributed by atoms with Gasteiger partial charge in [0.25, 0.3) is 0 Å². The van der Waals surface area contributed by atoms with Crippen molar-refractivity contribution in [3.63, 3.8) is 0 Å². The summed E-state index contributed by atoms with van der Waals surface area (Å²) < 4.78 is 5.80. The third-order valence-electron chi connectivity index (χ3n) is 4.75. The van der Waals surface area contributed by atoms with Gasteiger partial charge >= 0.3 is 0 Å². The topological polar surface area (TPSA) is 24.5 Å². The predicted molar refractivity (Wildman–Crippen MR) is 87.0 cm³/mol.